The van der Waals surface area contributed by atoms with E-state index in [9.17, 15) is 0 Å². The van der Waals surface area contributed by atoms with Gasteiger partial charge in [0, 0.05) is 0 Å². The minimum atomic E-state index is 0. The molecule has 0 saturated heterocycles. The molecule has 0 saturated carbocycles. The van der Waals surface area contributed by atoms with Gasteiger partial charge in [0.15, 0.2) is 0 Å². The van der Waals surface area contributed by atoms with E-state index >= 15 is 0 Å². The van der Waals surface area contributed by atoms with Gasteiger partial charge in [0.1, 0.15) is 0 Å². The Morgan fingerprint density at radius 2 is 1.00 bits per heavy atom. The van der Waals surface area contributed by atoms with Crippen LogP contribution in [0.5, 0.6) is 0 Å². The molecule has 0 amide bonds. The molecule has 0 unspecified atom stereocenters. The van der Waals surface area contributed by atoms with E-state index in [2.05, 4.69) is 172 Å². The first kappa shape index (κ1) is 38.4. The third kappa shape index (κ3) is 8.72. The Hall–Kier alpha value is -2.80. The summed E-state index contributed by atoms with van der Waals surface area (Å²) in [5.74, 6) is 0. The second kappa shape index (κ2) is 15.7. The average molecular weight is 686 g/mol. The van der Waals surface area contributed by atoms with Crippen LogP contribution in [-0.2, 0) is 34.2 Å². The van der Waals surface area contributed by atoms with E-state index in [1.807, 2.05) is 0 Å². The van der Waals surface area contributed by atoms with Crippen molar-refractivity contribution in [1.29, 1.82) is 0 Å². The van der Waals surface area contributed by atoms with Gasteiger partial charge in [0.25, 0.3) is 0 Å². The van der Waals surface area contributed by atoms with Gasteiger partial charge in [-0.15, -0.1) is 69.1 Å². The van der Waals surface area contributed by atoms with Gasteiger partial charge in [-0.25, -0.2) is 0 Å². The Morgan fingerprint density at radius 3 is 1.49 bits per heavy atom. The summed E-state index contributed by atoms with van der Waals surface area (Å²) in [5, 5.41) is 5.44. The van der Waals surface area contributed by atoms with Crippen molar-refractivity contribution in [2.75, 3.05) is 0 Å². The molecule has 0 aromatic heterocycles. The molecular weight excluding hydrogens is 636 g/mol. The van der Waals surface area contributed by atoms with Gasteiger partial charge in [-0.05, 0) is 33.1 Å². The maximum absolute atomic E-state index is 3.06. The molecule has 0 atom stereocenters. The molecule has 2 heteroatoms. The van der Waals surface area contributed by atoms with Crippen LogP contribution in [-0.4, -0.2) is 6.88 Å². The molecule has 0 bridgehead atoms. The number of fused-ring (bicyclic) bond motifs is 2. The number of hydrogen-bond acceptors (Lipinski definition) is 0. The van der Waals surface area contributed by atoms with Gasteiger partial charge in [-0.1, -0.05) is 134 Å². The molecule has 6 aromatic carbocycles. The monoisotopic (exact) mass is 684 g/mol. The first-order valence-electron chi connectivity index (χ1n) is 15.1. The van der Waals surface area contributed by atoms with Crippen molar-refractivity contribution in [1.82, 2.24) is 0 Å². The van der Waals surface area contributed by atoms with Crippen molar-refractivity contribution in [3.63, 3.8) is 0 Å². The average Bonchev–Trinajstić information content (AvgIpc) is 3.51. The SMILES string of the molecule is Cc1[cH-]c2cccc(-c3ccc(C(C)(C)C)cc3)c2c1C.Cc1cc2c(-c3ccc(C(C)(C)C)cc3)cccc2[cH-]1.[CH3-].[CH3-].[Si]=[Zr]. The summed E-state index contributed by atoms with van der Waals surface area (Å²) in [4.78, 5) is 0. The molecule has 0 fully saturated rings. The Labute approximate surface area is 291 Å². The predicted molar refractivity (Wildman–Crippen MR) is 200 cm³/mol. The predicted octanol–water partition coefficient (Wildman–Crippen LogP) is 12.5. The van der Waals surface area contributed by atoms with Crippen LogP contribution in [0.1, 0.15) is 69.4 Å². The number of hydrogen-bond donors (Lipinski definition) is 0. The van der Waals surface area contributed by atoms with Crippen LogP contribution in [0.2, 0.25) is 0 Å². The number of benzene rings is 4. The Balaban J connectivity index is 0.000000285. The maximum atomic E-state index is 3.06. The van der Waals surface area contributed by atoms with Gasteiger partial charge in [0.2, 0.25) is 0 Å². The van der Waals surface area contributed by atoms with Crippen molar-refractivity contribution in [2.45, 2.75) is 73.1 Å². The van der Waals surface area contributed by atoms with Gasteiger partial charge in [-0.3, -0.25) is 0 Å². The normalized spacial score (nSPS) is 11.0. The van der Waals surface area contributed by atoms with Crippen LogP contribution in [0.25, 0.3) is 43.8 Å². The molecule has 0 nitrogen and oxygen atoms in total. The second-order valence-electron chi connectivity index (χ2n) is 13.7. The van der Waals surface area contributed by atoms with E-state index < -0.39 is 0 Å². The van der Waals surface area contributed by atoms with E-state index in [0.29, 0.717) is 0 Å². The molecule has 234 valence electrons. The fraction of sp³-hybridized carbons (Fsp3) is 0.256. The molecule has 0 N–H and O–H groups in total. The minimum absolute atomic E-state index is 0. The Bertz CT molecular complexity index is 1810. The van der Waals surface area contributed by atoms with Crippen molar-refractivity contribution in [3.8, 4) is 22.3 Å². The molecule has 0 aliphatic heterocycles. The molecule has 0 spiro atoms. The fourth-order valence-electron chi connectivity index (χ4n) is 5.82. The number of aryl methyl sites for hydroxylation is 3. The topological polar surface area (TPSA) is 0 Å². The molecule has 6 rings (SSSR count). The third-order valence-electron chi connectivity index (χ3n) is 8.45. The van der Waals surface area contributed by atoms with Crippen LogP contribution in [0, 0.1) is 35.6 Å². The van der Waals surface area contributed by atoms with Crippen molar-refractivity contribution in [3.05, 3.63) is 146 Å². The van der Waals surface area contributed by atoms with Gasteiger partial charge in [-0.2, -0.15) is 11.6 Å². The molecule has 6 aromatic rings. The Morgan fingerprint density at radius 1 is 0.556 bits per heavy atom. The summed E-state index contributed by atoms with van der Waals surface area (Å²) in [6, 6.07) is 38.0. The Kier molecular flexibility index (Phi) is 13.4. The van der Waals surface area contributed by atoms with Crippen LogP contribution >= 0.6 is 0 Å². The zero-order chi connectivity index (χ0) is 31.5. The fourth-order valence-corrected chi connectivity index (χ4v) is 5.82. The van der Waals surface area contributed by atoms with E-state index in [-0.39, 0.29) is 25.7 Å². The summed E-state index contributed by atoms with van der Waals surface area (Å²) in [5.41, 5.74) is 12.6. The van der Waals surface area contributed by atoms with Gasteiger partial charge < -0.3 is 14.9 Å². The van der Waals surface area contributed by atoms with E-state index in [0.717, 1.165) is 0 Å². The molecule has 45 heavy (non-hydrogen) atoms. The van der Waals surface area contributed by atoms with Crippen LogP contribution < -0.4 is 0 Å². The van der Waals surface area contributed by atoms with E-state index in [1.165, 1.54) is 95.0 Å². The van der Waals surface area contributed by atoms with E-state index in [4.69, 9.17) is 0 Å². The molecule has 0 aliphatic rings. The quantitative estimate of drug-likeness (QED) is 0.126. The first-order valence-corrected chi connectivity index (χ1v) is 19.3. The van der Waals surface area contributed by atoms with Crippen LogP contribution in [0.15, 0.2) is 103 Å². The van der Waals surface area contributed by atoms with E-state index in [1.54, 1.807) is 0 Å². The summed E-state index contributed by atoms with van der Waals surface area (Å²) >= 11 is 1.36. The summed E-state index contributed by atoms with van der Waals surface area (Å²) in [7, 11) is 0. The van der Waals surface area contributed by atoms with Crippen LogP contribution in [0.4, 0.5) is 0 Å². The van der Waals surface area contributed by atoms with Crippen molar-refractivity contribution < 1.29 is 23.3 Å². The molecule has 0 heterocycles. The standard InChI is InChI=1S/C21H23.C20H21.2CH3.Si.Zr/c1-14-13-17-7-6-8-19(20(17)15(14)2)16-9-11-18(12-10-16)21(3,4)5;1-14-12-16-6-5-7-18(19(16)13-14)15-8-10-17(11-9-15)20(2,3)4;;;;/h6-13H,1-5H3;5-13H,1-4H3;2*1H3;;/q4*-1;;. The summed E-state index contributed by atoms with van der Waals surface area (Å²) < 4.78 is 0. The third-order valence-corrected chi connectivity index (χ3v) is 8.45. The molecule has 0 aliphatic carbocycles. The summed E-state index contributed by atoms with van der Waals surface area (Å²) in [6.07, 6.45) is 0. The summed E-state index contributed by atoms with van der Waals surface area (Å²) in [6.45, 7) is 23.2. The van der Waals surface area contributed by atoms with Gasteiger partial charge in [0.05, 0.1) is 0 Å². The van der Waals surface area contributed by atoms with Crippen LogP contribution in [0.3, 0.4) is 0 Å². The molecular formula is C43H50SiZr-4. The van der Waals surface area contributed by atoms with Crippen molar-refractivity contribution >= 4 is 28.4 Å². The molecule has 2 radical (unpaired) electrons. The van der Waals surface area contributed by atoms with Crippen molar-refractivity contribution in [2.24, 2.45) is 0 Å². The first-order chi connectivity index (χ1) is 20.3. The zero-order valence-corrected chi connectivity index (χ0v) is 32.8. The second-order valence-corrected chi connectivity index (χ2v) is 13.7. The number of rotatable bonds is 2. The van der Waals surface area contributed by atoms with Gasteiger partial charge >= 0.3 is 30.2 Å². The zero-order valence-electron chi connectivity index (χ0n) is 29.3.